The maximum Gasteiger partial charge on any atom is 0.270 e. The quantitative estimate of drug-likeness (QED) is 0.276. The molecule has 2 aromatic heterocycles. The summed E-state index contributed by atoms with van der Waals surface area (Å²) in [5, 5.41) is 0.483. The van der Waals surface area contributed by atoms with Crippen LogP contribution in [0.4, 0.5) is 0 Å². The van der Waals surface area contributed by atoms with Crippen LogP contribution in [0.25, 0.3) is 27.2 Å². The van der Waals surface area contributed by atoms with Gasteiger partial charge >= 0.3 is 0 Å². The summed E-state index contributed by atoms with van der Waals surface area (Å²) in [5.74, 6) is 1.69. The van der Waals surface area contributed by atoms with Gasteiger partial charge in [0.1, 0.15) is 11.5 Å². The highest BCUT2D eigenvalue weighted by Gasteiger charge is 2.19. The van der Waals surface area contributed by atoms with Gasteiger partial charge in [-0.25, -0.2) is 7.35 Å². The molecule has 0 N–H and O–H groups in total. The molecule has 0 radical (unpaired) electrons. The normalized spacial score (nSPS) is 16.4. The Balaban J connectivity index is 1.48. The van der Waals surface area contributed by atoms with E-state index in [0.29, 0.717) is 17.4 Å². The minimum absolute atomic E-state index is 0.111. The van der Waals surface area contributed by atoms with Gasteiger partial charge in [0.25, 0.3) is 22.2 Å². The lowest BCUT2D eigenvalue weighted by Gasteiger charge is -2.17. The molecule has 0 saturated carbocycles. The summed E-state index contributed by atoms with van der Waals surface area (Å²) in [6, 6.07) is 9.33. The molecular formula is C26H19IN2O5. The summed E-state index contributed by atoms with van der Waals surface area (Å²) < 4.78 is 7.92. The zero-order valence-electron chi connectivity index (χ0n) is 18.4. The van der Waals surface area contributed by atoms with E-state index in [1.807, 2.05) is 19.1 Å². The van der Waals surface area contributed by atoms with Crippen LogP contribution >= 0.6 is 22.9 Å². The van der Waals surface area contributed by atoms with E-state index in [0.717, 1.165) is 19.5 Å². The lowest BCUT2D eigenvalue weighted by Crippen LogP contribution is -2.23. The Labute approximate surface area is 207 Å². The molecule has 0 fully saturated rings. The molecule has 0 amide bonds. The monoisotopic (exact) mass is 566 g/mol. The average molecular weight is 566 g/mol. The molecule has 2 heterocycles. The Morgan fingerprint density at radius 2 is 1.50 bits per heavy atom. The average Bonchev–Trinajstić information content (AvgIpc) is 3.23. The van der Waals surface area contributed by atoms with Crippen molar-refractivity contribution in [1.82, 2.24) is 7.35 Å². The number of rotatable bonds is 4. The first-order valence-corrected chi connectivity index (χ1v) is 11.7. The number of nitrogens with zero attached hydrogens (tertiary/aromatic N) is 2. The lowest BCUT2D eigenvalue weighted by molar-refractivity contribution is 0.436. The van der Waals surface area contributed by atoms with Crippen LogP contribution in [0.3, 0.4) is 0 Å². The summed E-state index contributed by atoms with van der Waals surface area (Å²) in [6.45, 7) is 4.13. The van der Waals surface area contributed by atoms with Crippen LogP contribution in [-0.2, 0) is 0 Å². The number of aromatic nitrogens is 2. The van der Waals surface area contributed by atoms with Crippen molar-refractivity contribution < 1.29 is 4.74 Å². The molecule has 34 heavy (non-hydrogen) atoms. The van der Waals surface area contributed by atoms with Crippen molar-refractivity contribution in [1.29, 1.82) is 0 Å². The van der Waals surface area contributed by atoms with Crippen LogP contribution < -0.4 is 27.0 Å². The number of hydrogen-bond acceptors (Lipinski definition) is 5. The first kappa shape index (κ1) is 22.3. The van der Waals surface area contributed by atoms with Crippen LogP contribution in [0.5, 0.6) is 5.75 Å². The van der Waals surface area contributed by atoms with Gasteiger partial charge in [0.05, 0.1) is 50.1 Å². The Kier molecular flexibility index (Phi) is 5.47. The standard InChI is InChI=1S/C26H19IN2O5/c1-3-14(2)15-4-8-17(9-5-15)34-18-10-6-16(7-11-18)28-23(30)19-12-21-22(13-20(19)24(28)31)26(33)29(27)25(21)32/h3-4,6-13,15H,5H2,1-2H3. The van der Waals surface area contributed by atoms with Crippen LogP contribution in [-0.4, -0.2) is 7.35 Å². The third-order valence-corrected chi connectivity index (χ3v) is 7.16. The van der Waals surface area contributed by atoms with E-state index < -0.39 is 22.2 Å². The van der Waals surface area contributed by atoms with E-state index in [1.165, 1.54) is 17.7 Å². The van der Waals surface area contributed by atoms with Gasteiger partial charge in [-0.05, 0) is 68.8 Å². The highest BCUT2D eigenvalue weighted by molar-refractivity contribution is 14.1. The Bertz CT molecular complexity index is 1680. The topological polar surface area (TPSA) is 87.4 Å². The fourth-order valence-corrected chi connectivity index (χ4v) is 4.73. The van der Waals surface area contributed by atoms with Crippen LogP contribution in [0, 0.1) is 5.92 Å². The predicted molar refractivity (Wildman–Crippen MR) is 141 cm³/mol. The zero-order valence-corrected chi connectivity index (χ0v) is 20.5. The maximum atomic E-state index is 13.0. The van der Waals surface area contributed by atoms with Gasteiger partial charge in [0.2, 0.25) is 0 Å². The smallest absolute Gasteiger partial charge is 0.270 e. The molecular weight excluding hydrogens is 547 g/mol. The first-order chi connectivity index (χ1) is 16.3. The molecule has 0 aliphatic heterocycles. The van der Waals surface area contributed by atoms with Crippen LogP contribution in [0.15, 0.2) is 91.2 Å². The van der Waals surface area contributed by atoms with Gasteiger partial charge < -0.3 is 4.74 Å². The van der Waals surface area contributed by atoms with Crippen molar-refractivity contribution in [3.8, 4) is 11.4 Å². The van der Waals surface area contributed by atoms with Gasteiger partial charge in [-0.1, -0.05) is 17.7 Å². The summed E-state index contributed by atoms with van der Waals surface area (Å²) in [7, 11) is 0. The number of ether oxygens (including phenoxy) is 1. The molecule has 0 saturated heterocycles. The molecule has 1 unspecified atom stereocenters. The van der Waals surface area contributed by atoms with E-state index in [-0.39, 0.29) is 21.5 Å². The SMILES string of the molecule is CC=C(C)C1C=CC(Oc2ccc(-n3c(=O)c4cc5c(=O)n(I)c(=O)c5cc4c3=O)cc2)=CC1. The lowest BCUT2D eigenvalue weighted by atomic mass is 9.93. The molecule has 1 aliphatic rings. The molecule has 0 bridgehead atoms. The summed E-state index contributed by atoms with van der Waals surface area (Å²) in [5.41, 5.74) is -0.381. The minimum Gasteiger partial charge on any atom is -0.458 e. The third-order valence-electron chi connectivity index (χ3n) is 6.28. The summed E-state index contributed by atoms with van der Waals surface area (Å²) in [4.78, 5) is 50.6. The van der Waals surface area contributed by atoms with Crippen LogP contribution in [0.1, 0.15) is 20.3 Å². The Hall–Kier alpha value is -3.53. The summed E-state index contributed by atoms with van der Waals surface area (Å²) in [6.07, 6.45) is 9.06. The van der Waals surface area contributed by atoms with Gasteiger partial charge in [0.15, 0.2) is 0 Å². The molecule has 2 aromatic carbocycles. The van der Waals surface area contributed by atoms with Crippen molar-refractivity contribution in [3.63, 3.8) is 0 Å². The molecule has 8 heteroatoms. The Morgan fingerprint density at radius 1 is 0.941 bits per heavy atom. The van der Waals surface area contributed by atoms with Crippen molar-refractivity contribution >= 4 is 44.4 Å². The van der Waals surface area contributed by atoms with Gasteiger partial charge in [0, 0.05) is 5.92 Å². The molecule has 1 aliphatic carbocycles. The fourth-order valence-electron chi connectivity index (χ4n) is 4.21. The van der Waals surface area contributed by atoms with E-state index in [1.54, 1.807) is 47.1 Å². The van der Waals surface area contributed by atoms with Crippen molar-refractivity contribution in [2.75, 3.05) is 0 Å². The Morgan fingerprint density at radius 3 is 2.00 bits per heavy atom. The predicted octanol–water partition coefficient (Wildman–Crippen LogP) is 3.90. The number of benzene rings is 2. The third kappa shape index (κ3) is 3.49. The van der Waals surface area contributed by atoms with Gasteiger partial charge in [-0.15, -0.1) is 0 Å². The van der Waals surface area contributed by atoms with Gasteiger partial charge in [-0.2, -0.15) is 0 Å². The van der Waals surface area contributed by atoms with Crippen molar-refractivity contribution in [3.05, 3.63) is 113 Å². The van der Waals surface area contributed by atoms with E-state index in [9.17, 15) is 19.2 Å². The second kappa shape index (κ2) is 8.35. The minimum atomic E-state index is -0.535. The highest BCUT2D eigenvalue weighted by Crippen LogP contribution is 2.25. The van der Waals surface area contributed by atoms with Crippen molar-refractivity contribution in [2.24, 2.45) is 5.92 Å². The zero-order chi connectivity index (χ0) is 24.1. The summed E-state index contributed by atoms with van der Waals surface area (Å²) >= 11 is 1.62. The largest absolute Gasteiger partial charge is 0.458 e. The number of allylic oxidation sites excluding steroid dienone is 5. The molecule has 1 atom stereocenters. The number of halogens is 1. The number of hydrogen-bond donors (Lipinski definition) is 0. The molecule has 4 aromatic rings. The fraction of sp³-hybridized carbons (Fsp3) is 0.154. The second-order valence-corrected chi connectivity index (χ2v) is 9.18. The molecule has 5 rings (SSSR count). The molecule has 0 spiro atoms. The molecule has 170 valence electrons. The van der Waals surface area contributed by atoms with E-state index in [2.05, 4.69) is 19.1 Å². The maximum absolute atomic E-state index is 13.0. The van der Waals surface area contributed by atoms with E-state index >= 15 is 0 Å². The van der Waals surface area contributed by atoms with Gasteiger partial charge in [-0.3, -0.25) is 19.2 Å². The number of fused-ring (bicyclic) bond motifs is 2. The van der Waals surface area contributed by atoms with E-state index in [4.69, 9.17) is 4.74 Å². The second-order valence-electron chi connectivity index (χ2n) is 8.22. The van der Waals surface area contributed by atoms with Crippen LogP contribution in [0.2, 0.25) is 0 Å². The first-order valence-electron chi connectivity index (χ1n) is 10.7. The highest BCUT2D eigenvalue weighted by atomic mass is 127. The molecule has 7 nitrogen and oxygen atoms in total. The van der Waals surface area contributed by atoms with Crippen molar-refractivity contribution in [2.45, 2.75) is 20.3 Å².